The largest absolute Gasteiger partial charge is 0.310 e. The van der Waals surface area contributed by atoms with Crippen molar-refractivity contribution in [1.29, 1.82) is 0 Å². The summed E-state index contributed by atoms with van der Waals surface area (Å²) in [5, 5.41) is 5.01. The van der Waals surface area contributed by atoms with Gasteiger partial charge >= 0.3 is 0 Å². The molecule has 0 amide bonds. The van der Waals surface area contributed by atoms with E-state index >= 15 is 0 Å². The first kappa shape index (κ1) is 26.8. The standard InChI is InChI=1S/C42H38N2/c1-41(2)25-26-42(3,4)37-28-32(21-23-36(37)41)44-39-19-11-10-18-34(39)35-27-31(22-24-40(35)44)43(30-15-6-5-7-16-30)38-20-12-14-29-13-8-9-17-33(29)38/h5-24,27-28H,25-26H2,1-4H3. The predicted octanol–water partition coefficient (Wildman–Crippen LogP) is 11.8. The van der Waals surface area contributed by atoms with Crippen molar-refractivity contribution < 1.29 is 0 Å². The maximum Gasteiger partial charge on any atom is 0.0542 e. The van der Waals surface area contributed by atoms with Gasteiger partial charge in [-0.3, -0.25) is 0 Å². The van der Waals surface area contributed by atoms with Crippen LogP contribution in [0.4, 0.5) is 17.1 Å². The van der Waals surface area contributed by atoms with E-state index in [0.717, 1.165) is 11.4 Å². The number of aromatic nitrogens is 1. The molecule has 1 aromatic heterocycles. The van der Waals surface area contributed by atoms with Crippen LogP contribution in [0.25, 0.3) is 38.3 Å². The molecular formula is C42H38N2. The van der Waals surface area contributed by atoms with Gasteiger partial charge in [-0.05, 0) is 94.8 Å². The highest BCUT2D eigenvalue weighted by atomic mass is 15.1. The number of anilines is 3. The van der Waals surface area contributed by atoms with Crippen molar-refractivity contribution in [2.45, 2.75) is 51.4 Å². The number of benzene rings is 6. The molecule has 0 N–H and O–H groups in total. The zero-order valence-corrected chi connectivity index (χ0v) is 26.0. The second kappa shape index (κ2) is 9.86. The van der Waals surface area contributed by atoms with Gasteiger partial charge in [-0.25, -0.2) is 0 Å². The van der Waals surface area contributed by atoms with E-state index in [2.05, 4.69) is 171 Å². The number of nitrogens with zero attached hydrogens (tertiary/aromatic N) is 2. The second-order valence-corrected chi connectivity index (χ2v) is 13.7. The van der Waals surface area contributed by atoms with Crippen LogP contribution in [0.1, 0.15) is 51.7 Å². The summed E-state index contributed by atoms with van der Waals surface area (Å²) in [7, 11) is 0. The van der Waals surface area contributed by atoms with Crippen molar-refractivity contribution in [3.05, 3.63) is 145 Å². The summed E-state index contributed by atoms with van der Waals surface area (Å²) in [6, 6.07) is 49.1. The van der Waals surface area contributed by atoms with Gasteiger partial charge in [-0.2, -0.15) is 0 Å². The first-order chi connectivity index (χ1) is 21.3. The van der Waals surface area contributed by atoms with E-state index in [1.54, 1.807) is 0 Å². The average molecular weight is 571 g/mol. The lowest BCUT2D eigenvalue weighted by Gasteiger charge is -2.42. The molecule has 8 rings (SSSR count). The number of para-hydroxylation sites is 2. The van der Waals surface area contributed by atoms with Gasteiger partial charge in [0.05, 0.1) is 16.7 Å². The Morgan fingerprint density at radius 1 is 0.500 bits per heavy atom. The Balaban J connectivity index is 1.37. The molecule has 0 saturated heterocycles. The van der Waals surface area contributed by atoms with Crippen LogP contribution in [-0.4, -0.2) is 4.57 Å². The highest BCUT2D eigenvalue weighted by molar-refractivity contribution is 6.11. The molecule has 0 saturated carbocycles. The lowest BCUT2D eigenvalue weighted by atomic mass is 9.63. The molecular weight excluding hydrogens is 532 g/mol. The minimum Gasteiger partial charge on any atom is -0.310 e. The minimum atomic E-state index is 0.154. The zero-order chi connectivity index (χ0) is 30.1. The highest BCUT2D eigenvalue weighted by Gasteiger charge is 2.37. The van der Waals surface area contributed by atoms with E-state index in [1.165, 1.54) is 67.9 Å². The van der Waals surface area contributed by atoms with Crippen molar-refractivity contribution in [1.82, 2.24) is 4.57 Å². The second-order valence-electron chi connectivity index (χ2n) is 13.7. The molecule has 0 radical (unpaired) electrons. The quantitative estimate of drug-likeness (QED) is 0.204. The predicted molar refractivity (Wildman–Crippen MR) is 188 cm³/mol. The summed E-state index contributed by atoms with van der Waals surface area (Å²) in [5.41, 5.74) is 10.5. The lowest BCUT2D eigenvalue weighted by molar-refractivity contribution is 0.332. The minimum absolute atomic E-state index is 0.154. The maximum atomic E-state index is 2.47. The summed E-state index contributed by atoms with van der Waals surface area (Å²) in [4.78, 5) is 2.40. The fourth-order valence-electron chi connectivity index (χ4n) is 7.50. The zero-order valence-electron chi connectivity index (χ0n) is 26.0. The Morgan fingerprint density at radius 2 is 1.16 bits per heavy atom. The van der Waals surface area contributed by atoms with Crippen LogP contribution in [0.15, 0.2) is 133 Å². The van der Waals surface area contributed by atoms with Crippen LogP contribution in [0, 0.1) is 0 Å². The SMILES string of the molecule is CC1(C)CCC(C)(C)c2cc(-n3c4ccccc4c4cc(N(c5ccccc5)c5cccc6ccccc56)ccc43)ccc21. The number of hydrogen-bond acceptors (Lipinski definition) is 1. The Bertz CT molecular complexity index is 2180. The van der Waals surface area contributed by atoms with E-state index in [1.807, 2.05) is 0 Å². The van der Waals surface area contributed by atoms with Crippen LogP contribution in [0.2, 0.25) is 0 Å². The van der Waals surface area contributed by atoms with E-state index in [0.29, 0.717) is 0 Å². The van der Waals surface area contributed by atoms with Crippen molar-refractivity contribution in [3.63, 3.8) is 0 Å². The Hall–Kier alpha value is -4.82. The smallest absolute Gasteiger partial charge is 0.0542 e. The third kappa shape index (κ3) is 4.16. The Morgan fingerprint density at radius 3 is 1.98 bits per heavy atom. The number of fused-ring (bicyclic) bond motifs is 5. The third-order valence-electron chi connectivity index (χ3n) is 10.0. The average Bonchev–Trinajstić information content (AvgIpc) is 3.38. The van der Waals surface area contributed by atoms with Crippen molar-refractivity contribution >= 4 is 49.6 Å². The van der Waals surface area contributed by atoms with Crippen LogP contribution in [-0.2, 0) is 10.8 Å². The van der Waals surface area contributed by atoms with Gasteiger partial charge in [-0.15, -0.1) is 0 Å². The van der Waals surface area contributed by atoms with Gasteiger partial charge < -0.3 is 9.47 Å². The van der Waals surface area contributed by atoms with Gasteiger partial charge in [0.1, 0.15) is 0 Å². The van der Waals surface area contributed by atoms with Gasteiger partial charge in [0.2, 0.25) is 0 Å². The Kier molecular flexibility index (Phi) is 6.00. The van der Waals surface area contributed by atoms with Crippen LogP contribution < -0.4 is 4.90 Å². The van der Waals surface area contributed by atoms with Crippen LogP contribution in [0.3, 0.4) is 0 Å². The third-order valence-corrected chi connectivity index (χ3v) is 10.0. The van der Waals surface area contributed by atoms with E-state index < -0.39 is 0 Å². The first-order valence-corrected chi connectivity index (χ1v) is 15.8. The first-order valence-electron chi connectivity index (χ1n) is 15.8. The summed E-state index contributed by atoms with van der Waals surface area (Å²) in [6.07, 6.45) is 2.43. The summed E-state index contributed by atoms with van der Waals surface area (Å²) in [6.45, 7) is 9.62. The fraction of sp³-hybridized carbons (Fsp3) is 0.190. The topological polar surface area (TPSA) is 8.17 Å². The maximum absolute atomic E-state index is 2.47. The Labute approximate surface area is 260 Å². The van der Waals surface area contributed by atoms with Crippen LogP contribution in [0.5, 0.6) is 0 Å². The van der Waals surface area contributed by atoms with Crippen LogP contribution >= 0.6 is 0 Å². The molecule has 1 aliphatic rings. The van der Waals surface area contributed by atoms with Crippen molar-refractivity contribution in [3.8, 4) is 5.69 Å². The van der Waals surface area contributed by atoms with E-state index in [9.17, 15) is 0 Å². The molecule has 216 valence electrons. The molecule has 0 spiro atoms. The number of hydrogen-bond donors (Lipinski definition) is 0. The normalized spacial score (nSPS) is 15.5. The molecule has 44 heavy (non-hydrogen) atoms. The molecule has 0 aliphatic heterocycles. The van der Waals surface area contributed by atoms with Gasteiger partial charge in [0, 0.05) is 33.2 Å². The molecule has 1 heterocycles. The molecule has 0 fully saturated rings. The monoisotopic (exact) mass is 570 g/mol. The summed E-state index contributed by atoms with van der Waals surface area (Å²) in [5.74, 6) is 0. The highest BCUT2D eigenvalue weighted by Crippen LogP contribution is 2.47. The van der Waals surface area contributed by atoms with E-state index in [-0.39, 0.29) is 10.8 Å². The lowest BCUT2D eigenvalue weighted by Crippen LogP contribution is -2.33. The van der Waals surface area contributed by atoms with Crippen molar-refractivity contribution in [2.75, 3.05) is 4.90 Å². The molecule has 0 atom stereocenters. The van der Waals surface area contributed by atoms with E-state index in [4.69, 9.17) is 0 Å². The van der Waals surface area contributed by atoms with Gasteiger partial charge in [0.25, 0.3) is 0 Å². The molecule has 1 aliphatic carbocycles. The van der Waals surface area contributed by atoms with Gasteiger partial charge in [0.15, 0.2) is 0 Å². The molecule has 2 heteroatoms. The summed E-state index contributed by atoms with van der Waals surface area (Å²) >= 11 is 0. The molecule has 0 unspecified atom stereocenters. The molecule has 0 bridgehead atoms. The number of rotatable bonds is 4. The molecule has 7 aromatic rings. The molecule has 2 nitrogen and oxygen atoms in total. The van der Waals surface area contributed by atoms with Crippen molar-refractivity contribution in [2.24, 2.45) is 0 Å². The molecule has 6 aromatic carbocycles. The summed E-state index contributed by atoms with van der Waals surface area (Å²) < 4.78 is 2.47. The van der Waals surface area contributed by atoms with Gasteiger partial charge in [-0.1, -0.05) is 107 Å². The fourth-order valence-corrected chi connectivity index (χ4v) is 7.50.